The van der Waals surface area contributed by atoms with Gasteiger partial charge in [-0.2, -0.15) is 0 Å². The van der Waals surface area contributed by atoms with E-state index in [1.165, 1.54) is 6.54 Å². The van der Waals surface area contributed by atoms with E-state index in [1.807, 2.05) is 12.3 Å². The van der Waals surface area contributed by atoms with Crippen molar-refractivity contribution in [1.29, 1.82) is 0 Å². The number of aromatic nitrogens is 1. The zero-order valence-corrected chi connectivity index (χ0v) is 12.2. The van der Waals surface area contributed by atoms with Crippen LogP contribution in [0.5, 0.6) is 0 Å². The Morgan fingerprint density at radius 1 is 1.16 bits per heavy atom. The number of aliphatic hydroxyl groups excluding tert-OH is 1. The number of nitrogens with zero attached hydrogens (tertiary/aromatic N) is 3. The summed E-state index contributed by atoms with van der Waals surface area (Å²) in [6.45, 7) is 11.8. The van der Waals surface area contributed by atoms with Crippen molar-refractivity contribution in [2.45, 2.75) is 26.9 Å². The van der Waals surface area contributed by atoms with Gasteiger partial charge in [-0.25, -0.2) is 0 Å². The highest BCUT2D eigenvalue weighted by molar-refractivity contribution is 5.45. The molecule has 0 spiro atoms. The van der Waals surface area contributed by atoms with Crippen LogP contribution in [0.2, 0.25) is 0 Å². The molecule has 0 aromatic carbocycles. The summed E-state index contributed by atoms with van der Waals surface area (Å²) in [4.78, 5) is 9.21. The highest BCUT2D eigenvalue weighted by Gasteiger charge is 2.18. The third-order valence-electron chi connectivity index (χ3n) is 3.56. The van der Waals surface area contributed by atoms with Crippen LogP contribution in [0.15, 0.2) is 18.3 Å². The maximum Gasteiger partial charge on any atom is 0.0931 e. The first-order valence-corrected chi connectivity index (χ1v) is 7.17. The fraction of sp³-hybridized carbons (Fsp3) is 0.667. The van der Waals surface area contributed by atoms with Gasteiger partial charge in [0.2, 0.25) is 0 Å². The maximum atomic E-state index is 9.46. The number of piperazine rings is 1. The number of rotatable bonds is 4. The van der Waals surface area contributed by atoms with E-state index in [-0.39, 0.29) is 0 Å². The van der Waals surface area contributed by atoms with Gasteiger partial charge >= 0.3 is 0 Å². The molecule has 19 heavy (non-hydrogen) atoms. The molecule has 1 N–H and O–H groups in total. The Hall–Kier alpha value is -1.13. The second-order valence-electron chi connectivity index (χ2n) is 5.80. The third-order valence-corrected chi connectivity index (χ3v) is 3.56. The fourth-order valence-corrected chi connectivity index (χ4v) is 2.54. The monoisotopic (exact) mass is 263 g/mol. The summed E-state index contributed by atoms with van der Waals surface area (Å²) in [6, 6.07) is 3.98. The van der Waals surface area contributed by atoms with Crippen LogP contribution < -0.4 is 4.90 Å². The summed E-state index contributed by atoms with van der Waals surface area (Å²) in [5.74, 6) is 0.735. The molecule has 0 bridgehead atoms. The van der Waals surface area contributed by atoms with Gasteiger partial charge < -0.3 is 10.0 Å². The Labute approximate surface area is 116 Å². The third kappa shape index (κ3) is 3.91. The van der Waals surface area contributed by atoms with Crippen LogP contribution in [0.3, 0.4) is 0 Å². The van der Waals surface area contributed by atoms with Gasteiger partial charge in [0.15, 0.2) is 0 Å². The van der Waals surface area contributed by atoms with Crippen molar-refractivity contribution in [3.05, 3.63) is 24.0 Å². The molecule has 0 saturated carbocycles. The van der Waals surface area contributed by atoms with E-state index in [2.05, 4.69) is 34.7 Å². The molecule has 1 atom stereocenters. The van der Waals surface area contributed by atoms with E-state index in [1.54, 1.807) is 6.92 Å². The average molecular weight is 263 g/mol. The van der Waals surface area contributed by atoms with Gasteiger partial charge in [0.25, 0.3) is 0 Å². The lowest BCUT2D eigenvalue weighted by Crippen LogP contribution is -2.47. The second-order valence-corrected chi connectivity index (χ2v) is 5.80. The SMILES string of the molecule is CC(C)CN1CCN(c2ccc([C@H](C)O)nc2)CC1. The van der Waals surface area contributed by atoms with Crippen LogP contribution >= 0.6 is 0 Å². The van der Waals surface area contributed by atoms with Crippen molar-refractivity contribution in [1.82, 2.24) is 9.88 Å². The Bertz CT molecular complexity index is 381. The lowest BCUT2D eigenvalue weighted by Gasteiger charge is -2.36. The van der Waals surface area contributed by atoms with Crippen molar-refractivity contribution in [2.24, 2.45) is 5.92 Å². The van der Waals surface area contributed by atoms with Crippen LogP contribution in [0.25, 0.3) is 0 Å². The van der Waals surface area contributed by atoms with Crippen LogP contribution in [-0.4, -0.2) is 47.7 Å². The molecule has 1 aromatic rings. The van der Waals surface area contributed by atoms with E-state index in [0.29, 0.717) is 0 Å². The molecule has 0 unspecified atom stereocenters. The van der Waals surface area contributed by atoms with Crippen molar-refractivity contribution in [3.63, 3.8) is 0 Å². The van der Waals surface area contributed by atoms with E-state index in [4.69, 9.17) is 0 Å². The molecule has 4 heteroatoms. The smallest absolute Gasteiger partial charge is 0.0931 e. The topological polar surface area (TPSA) is 39.6 Å². The highest BCUT2D eigenvalue weighted by Crippen LogP contribution is 2.18. The predicted octanol–water partition coefficient (Wildman–Crippen LogP) is 1.91. The lowest BCUT2D eigenvalue weighted by molar-refractivity contribution is 0.194. The summed E-state index contributed by atoms with van der Waals surface area (Å²) in [5, 5.41) is 9.46. The van der Waals surface area contributed by atoms with Gasteiger partial charge in [0, 0.05) is 32.7 Å². The van der Waals surface area contributed by atoms with E-state index in [0.717, 1.165) is 43.5 Å². The summed E-state index contributed by atoms with van der Waals surface area (Å²) < 4.78 is 0. The number of anilines is 1. The molecule has 106 valence electrons. The molecule has 2 heterocycles. The van der Waals surface area contributed by atoms with E-state index >= 15 is 0 Å². The second kappa shape index (κ2) is 6.35. The quantitative estimate of drug-likeness (QED) is 0.901. The van der Waals surface area contributed by atoms with Gasteiger partial charge in [-0.15, -0.1) is 0 Å². The average Bonchev–Trinajstić information content (AvgIpc) is 2.39. The number of pyridine rings is 1. The van der Waals surface area contributed by atoms with Crippen LogP contribution in [0, 0.1) is 5.92 Å². The Kier molecular flexibility index (Phi) is 4.77. The molecule has 0 radical (unpaired) electrons. The van der Waals surface area contributed by atoms with Gasteiger partial charge in [0.05, 0.1) is 23.7 Å². The van der Waals surface area contributed by atoms with Crippen molar-refractivity contribution in [2.75, 3.05) is 37.6 Å². The molecular weight excluding hydrogens is 238 g/mol. The van der Waals surface area contributed by atoms with Crippen molar-refractivity contribution < 1.29 is 5.11 Å². The molecule has 2 rings (SSSR count). The Morgan fingerprint density at radius 3 is 2.32 bits per heavy atom. The first-order chi connectivity index (χ1) is 9.06. The Morgan fingerprint density at radius 2 is 1.84 bits per heavy atom. The zero-order valence-electron chi connectivity index (χ0n) is 12.2. The number of aliphatic hydroxyl groups is 1. The van der Waals surface area contributed by atoms with Gasteiger partial charge in [0.1, 0.15) is 0 Å². The summed E-state index contributed by atoms with van der Waals surface area (Å²) in [6.07, 6.45) is 1.39. The minimum Gasteiger partial charge on any atom is -0.387 e. The standard InChI is InChI=1S/C15H25N3O/c1-12(2)11-17-6-8-18(9-7-17)14-4-5-15(13(3)19)16-10-14/h4-5,10,12-13,19H,6-9,11H2,1-3H3/t13-/m0/s1. The molecule has 0 amide bonds. The molecule has 0 aliphatic carbocycles. The van der Waals surface area contributed by atoms with Gasteiger partial charge in [-0.05, 0) is 25.0 Å². The number of hydrogen-bond acceptors (Lipinski definition) is 4. The minimum absolute atomic E-state index is 0.489. The zero-order chi connectivity index (χ0) is 13.8. The van der Waals surface area contributed by atoms with Crippen LogP contribution in [0.1, 0.15) is 32.6 Å². The van der Waals surface area contributed by atoms with E-state index < -0.39 is 6.10 Å². The summed E-state index contributed by atoms with van der Waals surface area (Å²) in [7, 11) is 0. The first-order valence-electron chi connectivity index (χ1n) is 7.17. The van der Waals surface area contributed by atoms with Crippen LogP contribution in [0.4, 0.5) is 5.69 Å². The van der Waals surface area contributed by atoms with Crippen molar-refractivity contribution in [3.8, 4) is 0 Å². The Balaban J connectivity index is 1.90. The molecule has 1 fully saturated rings. The molecule has 1 saturated heterocycles. The summed E-state index contributed by atoms with van der Waals surface area (Å²) >= 11 is 0. The molecule has 1 aliphatic heterocycles. The molecule has 1 aromatic heterocycles. The fourth-order valence-electron chi connectivity index (χ4n) is 2.54. The summed E-state index contributed by atoms with van der Waals surface area (Å²) in [5.41, 5.74) is 1.90. The minimum atomic E-state index is -0.489. The van der Waals surface area contributed by atoms with E-state index in [9.17, 15) is 5.11 Å². The largest absolute Gasteiger partial charge is 0.387 e. The molecule has 1 aliphatic rings. The number of hydrogen-bond donors (Lipinski definition) is 1. The normalized spacial score (nSPS) is 18.9. The maximum absolute atomic E-state index is 9.46. The lowest BCUT2D eigenvalue weighted by atomic mass is 10.2. The molecular formula is C15H25N3O. The highest BCUT2D eigenvalue weighted by atomic mass is 16.3. The van der Waals surface area contributed by atoms with Crippen molar-refractivity contribution >= 4 is 5.69 Å². The van der Waals surface area contributed by atoms with Crippen LogP contribution in [-0.2, 0) is 0 Å². The van der Waals surface area contributed by atoms with Gasteiger partial charge in [-0.1, -0.05) is 13.8 Å². The van der Waals surface area contributed by atoms with Gasteiger partial charge in [-0.3, -0.25) is 9.88 Å². The predicted molar refractivity (Wildman–Crippen MR) is 78.4 cm³/mol. The molecule has 4 nitrogen and oxygen atoms in total. The first kappa shape index (κ1) is 14.3.